The summed E-state index contributed by atoms with van der Waals surface area (Å²) in [5.41, 5.74) is 8.85. The molecule has 0 fully saturated rings. The van der Waals surface area contributed by atoms with Gasteiger partial charge in [0.05, 0.1) is 5.56 Å². The fourth-order valence-electron chi connectivity index (χ4n) is 2.38. The molecule has 1 aromatic heterocycles. The standard InChI is InChI=1S/C14H23N3/c1-5-6-7-8-10(2)17-12(4)11(3)13(9-15)14(17)16/h10H,5-8,16H2,1-4H3. The molecule has 0 spiro atoms. The Bertz CT molecular complexity index is 424. The van der Waals surface area contributed by atoms with Crippen molar-refractivity contribution >= 4 is 5.82 Å². The van der Waals surface area contributed by atoms with Crippen LogP contribution in [0.1, 0.15) is 62.4 Å². The topological polar surface area (TPSA) is 54.7 Å². The smallest absolute Gasteiger partial charge is 0.122 e. The summed E-state index contributed by atoms with van der Waals surface area (Å²) in [5.74, 6) is 0.631. The van der Waals surface area contributed by atoms with Crippen molar-refractivity contribution in [3.05, 3.63) is 16.8 Å². The molecule has 2 N–H and O–H groups in total. The normalized spacial score (nSPS) is 12.4. The summed E-state index contributed by atoms with van der Waals surface area (Å²) in [6, 6.07) is 2.58. The summed E-state index contributed by atoms with van der Waals surface area (Å²) in [6.07, 6.45) is 4.83. The molecule has 0 aromatic carbocycles. The number of unbranched alkanes of at least 4 members (excludes halogenated alkanes) is 2. The summed E-state index contributed by atoms with van der Waals surface area (Å²) in [7, 11) is 0. The van der Waals surface area contributed by atoms with Gasteiger partial charge in [0.2, 0.25) is 0 Å². The molecule has 0 saturated heterocycles. The maximum Gasteiger partial charge on any atom is 0.122 e. The van der Waals surface area contributed by atoms with Crippen LogP contribution in [0.3, 0.4) is 0 Å². The third-order valence-electron chi connectivity index (χ3n) is 3.57. The molecule has 0 aliphatic carbocycles. The third kappa shape index (κ3) is 2.63. The number of nitrogens with zero attached hydrogens (tertiary/aromatic N) is 2. The Morgan fingerprint density at radius 1 is 1.35 bits per heavy atom. The molecule has 3 nitrogen and oxygen atoms in total. The van der Waals surface area contributed by atoms with Crippen LogP contribution in [0.25, 0.3) is 0 Å². The molecule has 94 valence electrons. The highest BCUT2D eigenvalue weighted by Crippen LogP contribution is 2.29. The van der Waals surface area contributed by atoms with E-state index in [9.17, 15) is 0 Å². The van der Waals surface area contributed by atoms with Gasteiger partial charge in [0.1, 0.15) is 11.9 Å². The van der Waals surface area contributed by atoms with Crippen LogP contribution < -0.4 is 5.73 Å². The molecule has 0 aliphatic heterocycles. The second-order valence-corrected chi connectivity index (χ2v) is 4.80. The summed E-state index contributed by atoms with van der Waals surface area (Å²) in [5, 5.41) is 9.09. The van der Waals surface area contributed by atoms with Gasteiger partial charge in [0.25, 0.3) is 0 Å². The lowest BCUT2D eigenvalue weighted by Gasteiger charge is -2.18. The van der Waals surface area contributed by atoms with Crippen LogP contribution in [-0.4, -0.2) is 4.57 Å². The number of nitrogens with two attached hydrogens (primary N) is 1. The lowest BCUT2D eigenvalue weighted by Crippen LogP contribution is -2.10. The van der Waals surface area contributed by atoms with Gasteiger partial charge >= 0.3 is 0 Å². The number of hydrogen-bond donors (Lipinski definition) is 1. The molecule has 1 rings (SSSR count). The second kappa shape index (κ2) is 5.77. The average molecular weight is 233 g/mol. The average Bonchev–Trinajstić information content (AvgIpc) is 2.50. The van der Waals surface area contributed by atoms with Crippen LogP contribution in [0.2, 0.25) is 0 Å². The largest absolute Gasteiger partial charge is 0.384 e. The van der Waals surface area contributed by atoms with Crippen molar-refractivity contribution in [2.24, 2.45) is 0 Å². The first-order valence-corrected chi connectivity index (χ1v) is 6.41. The lowest BCUT2D eigenvalue weighted by atomic mass is 10.1. The summed E-state index contributed by atoms with van der Waals surface area (Å²) in [6.45, 7) is 8.40. The van der Waals surface area contributed by atoms with E-state index in [0.717, 1.165) is 17.7 Å². The molecule has 3 heteroatoms. The lowest BCUT2D eigenvalue weighted by molar-refractivity contribution is 0.476. The van der Waals surface area contributed by atoms with E-state index in [1.807, 2.05) is 13.8 Å². The molecule has 1 unspecified atom stereocenters. The fourth-order valence-corrected chi connectivity index (χ4v) is 2.38. The Morgan fingerprint density at radius 2 is 2.00 bits per heavy atom. The Morgan fingerprint density at radius 3 is 2.47 bits per heavy atom. The van der Waals surface area contributed by atoms with E-state index in [-0.39, 0.29) is 0 Å². The van der Waals surface area contributed by atoms with Crippen molar-refractivity contribution in [1.29, 1.82) is 5.26 Å². The van der Waals surface area contributed by atoms with Crippen LogP contribution in [0, 0.1) is 25.2 Å². The van der Waals surface area contributed by atoms with Crippen LogP contribution in [0.5, 0.6) is 0 Å². The molecular weight excluding hydrogens is 210 g/mol. The highest BCUT2D eigenvalue weighted by molar-refractivity contribution is 5.58. The molecular formula is C14H23N3. The van der Waals surface area contributed by atoms with Gasteiger partial charge in [-0.25, -0.2) is 0 Å². The monoisotopic (exact) mass is 233 g/mol. The number of hydrogen-bond acceptors (Lipinski definition) is 2. The Hall–Kier alpha value is -1.43. The van der Waals surface area contributed by atoms with Crippen LogP contribution in [0.15, 0.2) is 0 Å². The van der Waals surface area contributed by atoms with Crippen LogP contribution in [0.4, 0.5) is 5.82 Å². The number of nitrogen functional groups attached to an aromatic ring is 1. The number of anilines is 1. The first kappa shape index (κ1) is 13.6. The zero-order valence-corrected chi connectivity index (χ0v) is 11.4. The van der Waals surface area contributed by atoms with Gasteiger partial charge in [-0.05, 0) is 32.8 Å². The SMILES string of the molecule is CCCCCC(C)n1c(C)c(C)c(C#N)c1N. The first-order chi connectivity index (χ1) is 8.04. The van der Waals surface area contributed by atoms with E-state index in [1.54, 1.807) is 0 Å². The van der Waals surface area contributed by atoms with E-state index < -0.39 is 0 Å². The zero-order chi connectivity index (χ0) is 13.0. The van der Waals surface area contributed by atoms with E-state index in [2.05, 4.69) is 24.5 Å². The van der Waals surface area contributed by atoms with Gasteiger partial charge < -0.3 is 10.3 Å². The van der Waals surface area contributed by atoms with Crippen molar-refractivity contribution in [3.8, 4) is 6.07 Å². The van der Waals surface area contributed by atoms with Gasteiger partial charge in [-0.3, -0.25) is 0 Å². The Balaban J connectivity index is 2.95. The molecule has 0 saturated carbocycles. The molecule has 17 heavy (non-hydrogen) atoms. The highest BCUT2D eigenvalue weighted by Gasteiger charge is 2.18. The van der Waals surface area contributed by atoms with E-state index >= 15 is 0 Å². The third-order valence-corrected chi connectivity index (χ3v) is 3.57. The summed E-state index contributed by atoms with van der Waals surface area (Å²) in [4.78, 5) is 0. The maximum atomic E-state index is 9.09. The zero-order valence-electron chi connectivity index (χ0n) is 11.4. The van der Waals surface area contributed by atoms with Crippen molar-refractivity contribution in [2.45, 2.75) is 59.4 Å². The molecule has 1 heterocycles. The summed E-state index contributed by atoms with van der Waals surface area (Å²) >= 11 is 0. The molecule has 0 aliphatic rings. The van der Waals surface area contributed by atoms with Crippen LogP contribution in [-0.2, 0) is 0 Å². The molecule has 1 atom stereocenters. The van der Waals surface area contributed by atoms with Gasteiger partial charge in [0.15, 0.2) is 0 Å². The molecule has 0 bridgehead atoms. The molecule has 0 radical (unpaired) electrons. The second-order valence-electron chi connectivity index (χ2n) is 4.80. The van der Waals surface area contributed by atoms with Gasteiger partial charge in [0, 0.05) is 11.7 Å². The maximum absolute atomic E-state index is 9.09. The summed E-state index contributed by atoms with van der Waals surface area (Å²) < 4.78 is 2.11. The predicted molar refractivity (Wildman–Crippen MR) is 71.9 cm³/mol. The minimum Gasteiger partial charge on any atom is -0.384 e. The molecule has 0 amide bonds. The van der Waals surface area contributed by atoms with Gasteiger partial charge in [-0.1, -0.05) is 26.2 Å². The number of rotatable bonds is 5. The Kier molecular flexibility index (Phi) is 4.62. The number of aromatic nitrogens is 1. The van der Waals surface area contributed by atoms with Crippen molar-refractivity contribution < 1.29 is 0 Å². The minimum absolute atomic E-state index is 0.377. The van der Waals surface area contributed by atoms with Crippen molar-refractivity contribution in [1.82, 2.24) is 4.57 Å². The van der Waals surface area contributed by atoms with Crippen molar-refractivity contribution in [2.75, 3.05) is 5.73 Å². The van der Waals surface area contributed by atoms with Crippen LogP contribution >= 0.6 is 0 Å². The fraction of sp³-hybridized carbons (Fsp3) is 0.643. The van der Waals surface area contributed by atoms with Gasteiger partial charge in [-0.15, -0.1) is 0 Å². The van der Waals surface area contributed by atoms with Gasteiger partial charge in [-0.2, -0.15) is 5.26 Å². The van der Waals surface area contributed by atoms with Crippen molar-refractivity contribution in [3.63, 3.8) is 0 Å². The Labute approximate surface area is 104 Å². The number of nitriles is 1. The van der Waals surface area contributed by atoms with E-state index in [4.69, 9.17) is 11.0 Å². The first-order valence-electron chi connectivity index (χ1n) is 6.41. The minimum atomic E-state index is 0.377. The highest BCUT2D eigenvalue weighted by atomic mass is 15.1. The quantitative estimate of drug-likeness (QED) is 0.788. The van der Waals surface area contributed by atoms with E-state index in [0.29, 0.717) is 17.4 Å². The van der Waals surface area contributed by atoms with E-state index in [1.165, 1.54) is 19.3 Å². The molecule has 1 aromatic rings. The predicted octanol–water partition coefficient (Wildman–Crippen LogP) is 3.70.